The van der Waals surface area contributed by atoms with E-state index in [1.54, 1.807) is 6.07 Å². The Hall–Kier alpha value is -0.930. The summed E-state index contributed by atoms with van der Waals surface area (Å²) in [5.74, 6) is 1.52. The van der Waals surface area contributed by atoms with Crippen molar-refractivity contribution >= 4 is 0 Å². The van der Waals surface area contributed by atoms with Crippen molar-refractivity contribution in [2.24, 2.45) is 11.8 Å². The molecule has 0 spiro atoms. The fourth-order valence-corrected chi connectivity index (χ4v) is 4.51. The normalized spacial score (nSPS) is 29.7. The molecule has 0 amide bonds. The highest BCUT2D eigenvalue weighted by atomic mass is 19.1. The zero-order valence-electron chi connectivity index (χ0n) is 16.5. The lowest BCUT2D eigenvalue weighted by Gasteiger charge is -2.37. The summed E-state index contributed by atoms with van der Waals surface area (Å²) in [6, 6.07) is 5.85. The van der Waals surface area contributed by atoms with E-state index in [1.165, 1.54) is 31.2 Å². The number of rotatable bonds is 7. The first-order valence-corrected chi connectivity index (χ1v) is 10.7. The molecule has 0 bridgehead atoms. The Kier molecular flexibility index (Phi) is 7.51. The first-order valence-electron chi connectivity index (χ1n) is 10.7. The maximum atomic E-state index is 14.1. The van der Waals surface area contributed by atoms with Crippen LogP contribution in [0.2, 0.25) is 0 Å². The van der Waals surface area contributed by atoms with E-state index in [1.807, 2.05) is 13.0 Å². The van der Waals surface area contributed by atoms with Gasteiger partial charge in [-0.15, -0.1) is 0 Å². The lowest BCUT2D eigenvalue weighted by Crippen LogP contribution is -2.38. The highest BCUT2D eigenvalue weighted by Gasteiger charge is 2.32. The monoisotopic (exact) mass is 362 g/mol. The predicted molar refractivity (Wildman–Crippen MR) is 104 cm³/mol. The van der Waals surface area contributed by atoms with Crippen LogP contribution < -0.4 is 0 Å². The van der Waals surface area contributed by atoms with Gasteiger partial charge < -0.3 is 9.47 Å². The molecule has 2 nitrogen and oxygen atoms in total. The van der Waals surface area contributed by atoms with Crippen molar-refractivity contribution in [3.8, 4) is 0 Å². The second-order valence-corrected chi connectivity index (χ2v) is 8.21. The standard InChI is InChI=1S/C23H35FO2/c1-3-5-6-7-17-15-25-23(26-16-17)20-11-9-19(10-12-20)21-13-8-18(4-2)22(24)14-21/h8,13-14,17,19-20,23H,3-7,9-12,15-16H2,1-2H3. The maximum Gasteiger partial charge on any atom is 0.160 e. The van der Waals surface area contributed by atoms with Crippen molar-refractivity contribution in [1.29, 1.82) is 0 Å². The molecule has 1 aliphatic carbocycles. The Morgan fingerprint density at radius 3 is 2.35 bits per heavy atom. The minimum atomic E-state index is -0.0415. The van der Waals surface area contributed by atoms with E-state index >= 15 is 0 Å². The van der Waals surface area contributed by atoms with Crippen molar-refractivity contribution in [3.05, 3.63) is 35.1 Å². The predicted octanol–water partition coefficient (Wildman–Crippen LogP) is 6.23. The first-order chi connectivity index (χ1) is 12.7. The van der Waals surface area contributed by atoms with Crippen LogP contribution in [0.5, 0.6) is 0 Å². The van der Waals surface area contributed by atoms with Crippen LogP contribution in [-0.4, -0.2) is 19.5 Å². The molecule has 0 atom stereocenters. The largest absolute Gasteiger partial charge is 0.352 e. The second-order valence-electron chi connectivity index (χ2n) is 8.21. The minimum Gasteiger partial charge on any atom is -0.352 e. The zero-order valence-corrected chi connectivity index (χ0v) is 16.5. The van der Waals surface area contributed by atoms with Gasteiger partial charge in [-0.25, -0.2) is 4.39 Å². The van der Waals surface area contributed by atoms with Gasteiger partial charge >= 0.3 is 0 Å². The topological polar surface area (TPSA) is 18.5 Å². The molecule has 0 unspecified atom stereocenters. The fraction of sp³-hybridized carbons (Fsp3) is 0.739. The molecule has 0 N–H and O–H groups in total. The fourth-order valence-electron chi connectivity index (χ4n) is 4.51. The summed E-state index contributed by atoms with van der Waals surface area (Å²) in [7, 11) is 0. The van der Waals surface area contributed by atoms with Gasteiger partial charge in [0, 0.05) is 11.8 Å². The molecule has 146 valence electrons. The molecule has 1 aliphatic heterocycles. The third kappa shape index (κ3) is 5.07. The lowest BCUT2D eigenvalue weighted by atomic mass is 9.78. The van der Waals surface area contributed by atoms with Crippen molar-refractivity contribution in [3.63, 3.8) is 0 Å². The summed E-state index contributed by atoms with van der Waals surface area (Å²) in [6.07, 6.45) is 10.3. The summed E-state index contributed by atoms with van der Waals surface area (Å²) in [4.78, 5) is 0. The van der Waals surface area contributed by atoms with E-state index in [-0.39, 0.29) is 12.1 Å². The number of ether oxygens (including phenoxy) is 2. The highest BCUT2D eigenvalue weighted by Crippen LogP contribution is 2.39. The summed E-state index contributed by atoms with van der Waals surface area (Å²) < 4.78 is 26.2. The summed E-state index contributed by atoms with van der Waals surface area (Å²) >= 11 is 0. The average Bonchev–Trinajstić information content (AvgIpc) is 2.69. The van der Waals surface area contributed by atoms with Crippen LogP contribution in [0.3, 0.4) is 0 Å². The molecular weight excluding hydrogens is 327 g/mol. The quantitative estimate of drug-likeness (QED) is 0.535. The van der Waals surface area contributed by atoms with Crippen LogP contribution in [0.4, 0.5) is 4.39 Å². The van der Waals surface area contributed by atoms with Gasteiger partial charge in [0.1, 0.15) is 5.82 Å². The van der Waals surface area contributed by atoms with Crippen LogP contribution in [0.15, 0.2) is 18.2 Å². The Morgan fingerprint density at radius 2 is 1.73 bits per heavy atom. The molecule has 0 aromatic heterocycles. The smallest absolute Gasteiger partial charge is 0.160 e. The van der Waals surface area contributed by atoms with Crippen molar-refractivity contribution in [2.45, 2.75) is 83.8 Å². The zero-order chi connectivity index (χ0) is 18.4. The molecule has 26 heavy (non-hydrogen) atoms. The second kappa shape index (κ2) is 9.85. The van der Waals surface area contributed by atoms with E-state index < -0.39 is 0 Å². The SMILES string of the molecule is CCCCCC1COC(C2CCC(c3ccc(CC)c(F)c3)CC2)OC1. The molecule has 2 fully saturated rings. The number of hydrogen-bond acceptors (Lipinski definition) is 2. The molecule has 1 aromatic carbocycles. The molecule has 3 rings (SSSR count). The number of hydrogen-bond donors (Lipinski definition) is 0. The molecule has 1 saturated carbocycles. The van der Waals surface area contributed by atoms with Gasteiger partial charge in [0.25, 0.3) is 0 Å². The number of benzene rings is 1. The Balaban J connectivity index is 1.43. The number of halogens is 1. The van der Waals surface area contributed by atoms with Crippen LogP contribution >= 0.6 is 0 Å². The van der Waals surface area contributed by atoms with Crippen LogP contribution in [-0.2, 0) is 15.9 Å². The van der Waals surface area contributed by atoms with Gasteiger partial charge in [-0.2, -0.15) is 0 Å². The van der Waals surface area contributed by atoms with Gasteiger partial charge in [-0.05, 0) is 61.6 Å². The van der Waals surface area contributed by atoms with Crippen LogP contribution in [0.25, 0.3) is 0 Å². The minimum absolute atomic E-state index is 0.0161. The van der Waals surface area contributed by atoms with Crippen LogP contribution in [0, 0.1) is 17.7 Å². The number of unbranched alkanes of at least 4 members (excludes halogenated alkanes) is 2. The van der Waals surface area contributed by atoms with E-state index in [4.69, 9.17) is 9.47 Å². The molecule has 1 heterocycles. The Morgan fingerprint density at radius 1 is 1.00 bits per heavy atom. The molecule has 1 saturated heterocycles. The van der Waals surface area contributed by atoms with E-state index in [0.29, 0.717) is 17.8 Å². The van der Waals surface area contributed by atoms with Crippen molar-refractivity contribution < 1.29 is 13.9 Å². The van der Waals surface area contributed by atoms with E-state index in [9.17, 15) is 4.39 Å². The van der Waals surface area contributed by atoms with Crippen molar-refractivity contribution in [2.75, 3.05) is 13.2 Å². The summed E-state index contributed by atoms with van der Waals surface area (Å²) in [5.41, 5.74) is 1.99. The summed E-state index contributed by atoms with van der Waals surface area (Å²) in [6.45, 7) is 5.96. The Bertz CT molecular complexity index is 543. The molecule has 0 radical (unpaired) electrons. The average molecular weight is 363 g/mol. The molecule has 1 aromatic rings. The summed E-state index contributed by atoms with van der Waals surface area (Å²) in [5, 5.41) is 0. The van der Waals surface area contributed by atoms with Crippen LogP contribution in [0.1, 0.15) is 82.3 Å². The molecular formula is C23H35FO2. The van der Waals surface area contributed by atoms with Gasteiger partial charge in [-0.3, -0.25) is 0 Å². The van der Waals surface area contributed by atoms with Gasteiger partial charge in [0.2, 0.25) is 0 Å². The van der Waals surface area contributed by atoms with Gasteiger partial charge in [0.15, 0.2) is 6.29 Å². The Labute approximate surface area is 158 Å². The lowest BCUT2D eigenvalue weighted by molar-refractivity contribution is -0.229. The van der Waals surface area contributed by atoms with E-state index in [0.717, 1.165) is 50.9 Å². The molecule has 2 aliphatic rings. The van der Waals surface area contributed by atoms with Gasteiger partial charge in [0.05, 0.1) is 13.2 Å². The third-order valence-electron chi connectivity index (χ3n) is 6.29. The van der Waals surface area contributed by atoms with Crippen molar-refractivity contribution in [1.82, 2.24) is 0 Å². The third-order valence-corrected chi connectivity index (χ3v) is 6.29. The highest BCUT2D eigenvalue weighted by molar-refractivity contribution is 5.27. The first kappa shape index (κ1) is 19.8. The maximum absolute atomic E-state index is 14.1. The number of aryl methyl sites for hydroxylation is 1. The molecule has 3 heteroatoms. The van der Waals surface area contributed by atoms with Gasteiger partial charge in [-0.1, -0.05) is 45.2 Å². The van der Waals surface area contributed by atoms with E-state index in [2.05, 4.69) is 13.0 Å².